The third-order valence-electron chi connectivity index (χ3n) is 3.73. The van der Waals surface area contributed by atoms with E-state index in [4.69, 9.17) is 5.11 Å². The Morgan fingerprint density at radius 1 is 0.962 bits per heavy atom. The van der Waals surface area contributed by atoms with Crippen molar-refractivity contribution in [1.29, 1.82) is 0 Å². The van der Waals surface area contributed by atoms with E-state index in [2.05, 4.69) is 9.71 Å². The SMILES string of the molecule is O=S(=O)(Nc1ccc(F)cc1)c1ccc(-c2cccc(CCO)n2)cc1. The summed E-state index contributed by atoms with van der Waals surface area (Å²) in [5.74, 6) is -0.437. The Balaban J connectivity index is 1.82. The van der Waals surface area contributed by atoms with Crippen molar-refractivity contribution in [2.45, 2.75) is 11.3 Å². The second kappa shape index (κ2) is 7.63. The summed E-state index contributed by atoms with van der Waals surface area (Å²) in [6.45, 7) is 0.0166. The smallest absolute Gasteiger partial charge is 0.261 e. The molecule has 0 saturated carbocycles. The maximum Gasteiger partial charge on any atom is 0.261 e. The lowest BCUT2D eigenvalue weighted by molar-refractivity contribution is 0.298. The quantitative estimate of drug-likeness (QED) is 0.696. The third kappa shape index (κ3) is 4.25. The molecule has 0 spiro atoms. The van der Waals surface area contributed by atoms with Crippen LogP contribution < -0.4 is 4.72 Å². The molecule has 0 aliphatic heterocycles. The summed E-state index contributed by atoms with van der Waals surface area (Å²) in [4.78, 5) is 4.53. The number of rotatable bonds is 6. The molecule has 0 aliphatic rings. The summed E-state index contributed by atoms with van der Waals surface area (Å²) in [5.41, 5.74) is 2.52. The minimum Gasteiger partial charge on any atom is -0.396 e. The van der Waals surface area contributed by atoms with Crippen molar-refractivity contribution in [3.8, 4) is 11.3 Å². The number of sulfonamides is 1. The number of nitrogens with zero attached hydrogens (tertiary/aromatic N) is 1. The maximum atomic E-state index is 12.9. The van der Waals surface area contributed by atoms with Gasteiger partial charge in [0.05, 0.1) is 10.6 Å². The largest absolute Gasteiger partial charge is 0.396 e. The van der Waals surface area contributed by atoms with Gasteiger partial charge >= 0.3 is 0 Å². The van der Waals surface area contributed by atoms with E-state index < -0.39 is 15.8 Å². The Labute approximate surface area is 151 Å². The van der Waals surface area contributed by atoms with Crippen LogP contribution in [0.1, 0.15) is 5.69 Å². The normalized spacial score (nSPS) is 11.3. The number of aliphatic hydroxyl groups is 1. The first-order valence-corrected chi connectivity index (χ1v) is 9.42. The summed E-state index contributed by atoms with van der Waals surface area (Å²) in [6, 6.07) is 16.9. The molecule has 1 heterocycles. The number of aliphatic hydroxyl groups excluding tert-OH is 1. The van der Waals surface area contributed by atoms with E-state index in [9.17, 15) is 12.8 Å². The van der Waals surface area contributed by atoms with Crippen LogP contribution in [0.15, 0.2) is 71.6 Å². The van der Waals surface area contributed by atoms with Gasteiger partial charge in [-0.2, -0.15) is 0 Å². The fourth-order valence-corrected chi connectivity index (χ4v) is 3.49. The molecule has 0 unspecified atom stereocenters. The monoisotopic (exact) mass is 372 g/mol. The molecule has 0 aliphatic carbocycles. The molecule has 7 heteroatoms. The van der Waals surface area contributed by atoms with E-state index in [0.29, 0.717) is 12.1 Å². The van der Waals surface area contributed by atoms with Crippen molar-refractivity contribution in [3.63, 3.8) is 0 Å². The lowest BCUT2D eigenvalue weighted by atomic mass is 10.1. The van der Waals surface area contributed by atoms with Crippen molar-refractivity contribution in [2.75, 3.05) is 11.3 Å². The first kappa shape index (κ1) is 18.0. The number of anilines is 1. The van der Waals surface area contributed by atoms with Gasteiger partial charge in [0.1, 0.15) is 5.82 Å². The highest BCUT2D eigenvalue weighted by Gasteiger charge is 2.14. The van der Waals surface area contributed by atoms with Crippen molar-refractivity contribution in [1.82, 2.24) is 4.98 Å². The van der Waals surface area contributed by atoms with E-state index in [1.807, 2.05) is 18.2 Å². The molecule has 5 nitrogen and oxygen atoms in total. The molecule has 134 valence electrons. The molecule has 2 aromatic carbocycles. The average molecular weight is 372 g/mol. The summed E-state index contributed by atoms with van der Waals surface area (Å²) in [7, 11) is -3.77. The molecule has 26 heavy (non-hydrogen) atoms. The zero-order chi connectivity index (χ0) is 18.6. The van der Waals surface area contributed by atoms with E-state index in [0.717, 1.165) is 11.3 Å². The first-order valence-electron chi connectivity index (χ1n) is 7.93. The van der Waals surface area contributed by atoms with Gasteiger partial charge in [0, 0.05) is 30.0 Å². The van der Waals surface area contributed by atoms with Crippen molar-refractivity contribution in [2.24, 2.45) is 0 Å². The first-order chi connectivity index (χ1) is 12.5. The van der Waals surface area contributed by atoms with Crippen LogP contribution in [0, 0.1) is 5.82 Å². The highest BCUT2D eigenvalue weighted by molar-refractivity contribution is 7.92. The number of benzene rings is 2. The molecule has 3 aromatic rings. The van der Waals surface area contributed by atoms with Gasteiger partial charge in [0.25, 0.3) is 10.0 Å². The Bertz CT molecular complexity index is 988. The molecule has 3 rings (SSSR count). The summed E-state index contributed by atoms with van der Waals surface area (Å²) < 4.78 is 40.2. The molecule has 0 bridgehead atoms. The van der Waals surface area contributed by atoms with E-state index in [1.54, 1.807) is 12.1 Å². The minimum absolute atomic E-state index is 0.0166. The Kier molecular flexibility index (Phi) is 5.29. The highest BCUT2D eigenvalue weighted by atomic mass is 32.2. The Morgan fingerprint density at radius 2 is 1.65 bits per heavy atom. The highest BCUT2D eigenvalue weighted by Crippen LogP contribution is 2.22. The molecule has 0 radical (unpaired) electrons. The van der Waals surface area contributed by atoms with Gasteiger partial charge < -0.3 is 5.11 Å². The lowest BCUT2D eigenvalue weighted by Gasteiger charge is -2.09. The van der Waals surface area contributed by atoms with Crippen LogP contribution in [-0.2, 0) is 16.4 Å². The number of halogens is 1. The van der Waals surface area contributed by atoms with E-state index in [1.165, 1.54) is 36.4 Å². The fraction of sp³-hybridized carbons (Fsp3) is 0.105. The molecular weight excluding hydrogens is 355 g/mol. The summed E-state index contributed by atoms with van der Waals surface area (Å²) >= 11 is 0. The summed E-state index contributed by atoms with van der Waals surface area (Å²) in [6.07, 6.45) is 0.460. The van der Waals surface area contributed by atoms with Crippen LogP contribution in [0.5, 0.6) is 0 Å². The van der Waals surface area contributed by atoms with Crippen LogP contribution in [-0.4, -0.2) is 25.1 Å². The standard InChI is InChI=1S/C19H17FN2O3S/c20-15-6-8-17(9-7-15)22-26(24,25)18-10-4-14(5-11-18)19-3-1-2-16(21-19)12-13-23/h1-11,22-23H,12-13H2. The average Bonchev–Trinajstić information content (AvgIpc) is 2.64. The molecule has 0 saturated heterocycles. The van der Waals surface area contributed by atoms with Gasteiger partial charge in [-0.1, -0.05) is 18.2 Å². The van der Waals surface area contributed by atoms with Crippen LogP contribution in [0.3, 0.4) is 0 Å². The van der Waals surface area contributed by atoms with Crippen LogP contribution in [0.4, 0.5) is 10.1 Å². The molecular formula is C19H17FN2O3S. The van der Waals surface area contributed by atoms with Gasteiger partial charge in [-0.3, -0.25) is 9.71 Å². The zero-order valence-electron chi connectivity index (χ0n) is 13.8. The maximum absolute atomic E-state index is 12.9. The van der Waals surface area contributed by atoms with Crippen LogP contribution in [0.25, 0.3) is 11.3 Å². The topological polar surface area (TPSA) is 79.3 Å². The van der Waals surface area contributed by atoms with Crippen LogP contribution in [0.2, 0.25) is 0 Å². The number of hydrogen-bond donors (Lipinski definition) is 2. The van der Waals surface area contributed by atoms with Gasteiger partial charge in [-0.15, -0.1) is 0 Å². The zero-order valence-corrected chi connectivity index (χ0v) is 14.6. The number of hydrogen-bond acceptors (Lipinski definition) is 4. The molecule has 0 atom stereocenters. The van der Waals surface area contributed by atoms with Gasteiger partial charge in [-0.05, 0) is 48.5 Å². The van der Waals surface area contributed by atoms with E-state index >= 15 is 0 Å². The van der Waals surface area contributed by atoms with E-state index in [-0.39, 0.29) is 17.2 Å². The lowest BCUT2D eigenvalue weighted by Crippen LogP contribution is -2.12. The predicted molar refractivity (Wildman–Crippen MR) is 97.7 cm³/mol. The van der Waals surface area contributed by atoms with Gasteiger partial charge in [0.2, 0.25) is 0 Å². The number of nitrogens with one attached hydrogen (secondary N) is 1. The fourth-order valence-electron chi connectivity index (χ4n) is 2.43. The van der Waals surface area contributed by atoms with Gasteiger partial charge in [0.15, 0.2) is 0 Å². The summed E-state index contributed by atoms with van der Waals surface area (Å²) in [5, 5.41) is 9.01. The van der Waals surface area contributed by atoms with Crippen molar-refractivity contribution in [3.05, 3.63) is 78.2 Å². The molecule has 0 amide bonds. The second-order valence-electron chi connectivity index (χ2n) is 5.62. The molecule has 1 aromatic heterocycles. The molecule has 0 fully saturated rings. The van der Waals surface area contributed by atoms with Crippen molar-refractivity contribution < 1.29 is 17.9 Å². The number of pyridine rings is 1. The Morgan fingerprint density at radius 3 is 2.31 bits per heavy atom. The molecule has 2 N–H and O–H groups in total. The van der Waals surface area contributed by atoms with Gasteiger partial charge in [-0.25, -0.2) is 12.8 Å². The van der Waals surface area contributed by atoms with Crippen molar-refractivity contribution >= 4 is 15.7 Å². The Hall–Kier alpha value is -2.77. The van der Waals surface area contributed by atoms with Crippen LogP contribution >= 0.6 is 0 Å². The predicted octanol–water partition coefficient (Wildman–Crippen LogP) is 3.22. The number of aromatic nitrogens is 1. The third-order valence-corrected chi connectivity index (χ3v) is 5.13. The minimum atomic E-state index is -3.77. The second-order valence-corrected chi connectivity index (χ2v) is 7.31.